The topological polar surface area (TPSA) is 72.8 Å². The molecule has 7 nitrogen and oxygen atoms in total. The fourth-order valence-electron chi connectivity index (χ4n) is 5.51. The number of amides is 1. The van der Waals surface area contributed by atoms with Crippen molar-refractivity contribution in [3.8, 4) is 0 Å². The van der Waals surface area contributed by atoms with E-state index >= 15 is 0 Å². The molecule has 1 aromatic carbocycles. The van der Waals surface area contributed by atoms with E-state index < -0.39 is 5.60 Å². The maximum Gasteiger partial charge on any atom is 0.228 e. The summed E-state index contributed by atoms with van der Waals surface area (Å²) < 4.78 is 0. The molecule has 0 radical (unpaired) electrons. The number of fused-ring (bicyclic) bond motifs is 1. The first kappa shape index (κ1) is 21.3. The molecule has 0 unspecified atom stereocenters. The van der Waals surface area contributed by atoms with Gasteiger partial charge in [-0.25, -0.2) is 9.97 Å². The largest absolute Gasteiger partial charge is 0.387 e. The molecule has 1 amide bonds. The zero-order valence-corrected chi connectivity index (χ0v) is 18.9. The molecule has 1 atom stereocenters. The molecule has 1 aromatic heterocycles. The van der Waals surface area contributed by atoms with Crippen molar-refractivity contribution in [2.45, 2.75) is 44.8 Å². The number of nitrogens with zero attached hydrogens (tertiary/aromatic N) is 5. The van der Waals surface area contributed by atoms with Gasteiger partial charge in [-0.05, 0) is 42.9 Å². The molecule has 0 aliphatic carbocycles. The number of piperidine rings is 1. The zero-order valence-electron chi connectivity index (χ0n) is 18.9. The summed E-state index contributed by atoms with van der Waals surface area (Å²) in [5.41, 5.74) is 1.56. The molecule has 3 aliphatic rings. The molecular weight excluding hydrogens is 402 g/mol. The Bertz CT molecular complexity index is 960. The van der Waals surface area contributed by atoms with E-state index in [-0.39, 0.29) is 11.3 Å². The predicted octanol–water partition coefficient (Wildman–Crippen LogP) is 2.10. The molecule has 1 N–H and O–H groups in total. The van der Waals surface area contributed by atoms with Crippen molar-refractivity contribution in [1.29, 1.82) is 0 Å². The molecule has 0 bridgehead atoms. The number of benzene rings is 1. The predicted molar refractivity (Wildman–Crippen MR) is 123 cm³/mol. The van der Waals surface area contributed by atoms with Gasteiger partial charge in [0.2, 0.25) is 11.9 Å². The number of hydrogen-bond acceptors (Lipinski definition) is 6. The van der Waals surface area contributed by atoms with Crippen LogP contribution in [0, 0.1) is 5.41 Å². The molecule has 0 spiro atoms. The maximum absolute atomic E-state index is 13.5. The van der Waals surface area contributed by atoms with Crippen LogP contribution >= 0.6 is 0 Å². The van der Waals surface area contributed by atoms with Crippen molar-refractivity contribution in [1.82, 2.24) is 19.8 Å². The molecule has 2 fully saturated rings. The second kappa shape index (κ2) is 8.45. The number of β-amino-alcohol motifs (C(OH)–C–C–N with tert-alkyl or cyclic N) is 1. The third kappa shape index (κ3) is 4.24. The van der Waals surface area contributed by atoms with Crippen LogP contribution in [-0.4, -0.2) is 75.7 Å². The van der Waals surface area contributed by atoms with Crippen molar-refractivity contribution in [3.63, 3.8) is 0 Å². The lowest BCUT2D eigenvalue weighted by Crippen LogP contribution is -2.51. The van der Waals surface area contributed by atoms with Gasteiger partial charge in [-0.3, -0.25) is 9.69 Å². The quantitative estimate of drug-likeness (QED) is 0.793. The average molecular weight is 436 g/mol. The number of likely N-dealkylation sites (tertiary alicyclic amines) is 1. The highest BCUT2D eigenvalue weighted by atomic mass is 16.3. The normalized spacial score (nSPS) is 25.6. The minimum atomic E-state index is -0.823. The highest BCUT2D eigenvalue weighted by molar-refractivity contribution is 5.83. The number of hydrogen-bond donors (Lipinski definition) is 1. The van der Waals surface area contributed by atoms with Crippen LogP contribution in [0.5, 0.6) is 0 Å². The monoisotopic (exact) mass is 435 g/mol. The van der Waals surface area contributed by atoms with Gasteiger partial charge in [-0.2, -0.15) is 0 Å². The van der Waals surface area contributed by atoms with E-state index in [2.05, 4.69) is 51.0 Å². The Morgan fingerprint density at radius 3 is 2.47 bits per heavy atom. The Labute approximate surface area is 190 Å². The fraction of sp³-hybridized carbons (Fsp3) is 0.560. The van der Waals surface area contributed by atoms with Gasteiger partial charge in [-0.1, -0.05) is 31.2 Å². The summed E-state index contributed by atoms with van der Waals surface area (Å²) in [6.45, 7) is 7.17. The summed E-state index contributed by atoms with van der Waals surface area (Å²) in [7, 11) is 0. The van der Waals surface area contributed by atoms with Crippen molar-refractivity contribution in [3.05, 3.63) is 53.9 Å². The standard InChI is InChI=1S/C25H33N5O2/c1-24(8-14-29(15-9-24)23-26-11-4-12-27-23)22(31)30-16-10-25(32,19-30)18-28-13-7-20-5-2-3-6-21(20)17-28/h2-6,11-12,32H,7-10,13-19H2,1H3/t25-/m0/s1. The summed E-state index contributed by atoms with van der Waals surface area (Å²) in [6.07, 6.45) is 6.75. The molecule has 170 valence electrons. The Balaban J connectivity index is 1.17. The Morgan fingerprint density at radius 2 is 1.72 bits per heavy atom. The summed E-state index contributed by atoms with van der Waals surface area (Å²) in [5, 5.41) is 11.3. The van der Waals surface area contributed by atoms with Crippen LogP contribution in [0.25, 0.3) is 0 Å². The number of anilines is 1. The van der Waals surface area contributed by atoms with Gasteiger partial charge in [0, 0.05) is 57.1 Å². The Morgan fingerprint density at radius 1 is 1.00 bits per heavy atom. The van der Waals surface area contributed by atoms with E-state index in [1.54, 1.807) is 12.4 Å². The molecule has 3 aliphatic heterocycles. The number of aliphatic hydroxyl groups is 1. The van der Waals surface area contributed by atoms with Gasteiger partial charge in [-0.15, -0.1) is 0 Å². The summed E-state index contributed by atoms with van der Waals surface area (Å²) >= 11 is 0. The number of rotatable bonds is 4. The molecule has 0 saturated carbocycles. The lowest BCUT2D eigenvalue weighted by molar-refractivity contribution is -0.142. The van der Waals surface area contributed by atoms with E-state index in [9.17, 15) is 9.90 Å². The van der Waals surface area contributed by atoms with Crippen LogP contribution < -0.4 is 4.90 Å². The van der Waals surface area contributed by atoms with E-state index in [4.69, 9.17) is 0 Å². The van der Waals surface area contributed by atoms with Crippen LogP contribution in [-0.2, 0) is 17.8 Å². The van der Waals surface area contributed by atoms with Gasteiger partial charge >= 0.3 is 0 Å². The number of carbonyl (C=O) groups excluding carboxylic acids is 1. The number of aromatic nitrogens is 2. The lowest BCUT2D eigenvalue weighted by Gasteiger charge is -2.40. The summed E-state index contributed by atoms with van der Waals surface area (Å²) in [4.78, 5) is 28.6. The van der Waals surface area contributed by atoms with E-state index in [0.29, 0.717) is 26.1 Å². The summed E-state index contributed by atoms with van der Waals surface area (Å²) in [5.74, 6) is 0.923. The van der Waals surface area contributed by atoms with Crippen molar-refractivity contribution in [2.24, 2.45) is 5.41 Å². The van der Waals surface area contributed by atoms with Crippen LogP contribution in [0.3, 0.4) is 0 Å². The summed E-state index contributed by atoms with van der Waals surface area (Å²) in [6, 6.07) is 10.4. The van der Waals surface area contributed by atoms with Gasteiger partial charge in [0.15, 0.2) is 0 Å². The molecule has 2 aromatic rings. The fourth-order valence-corrected chi connectivity index (χ4v) is 5.51. The van der Waals surface area contributed by atoms with Crippen LogP contribution in [0.4, 0.5) is 5.95 Å². The molecule has 2 saturated heterocycles. The highest BCUT2D eigenvalue weighted by Crippen LogP contribution is 2.36. The van der Waals surface area contributed by atoms with Crippen LogP contribution in [0.15, 0.2) is 42.7 Å². The van der Waals surface area contributed by atoms with Gasteiger partial charge in [0.1, 0.15) is 0 Å². The lowest BCUT2D eigenvalue weighted by atomic mass is 9.79. The highest BCUT2D eigenvalue weighted by Gasteiger charge is 2.46. The molecular formula is C25H33N5O2. The second-order valence-electron chi connectivity index (χ2n) is 10.0. The van der Waals surface area contributed by atoms with E-state index in [1.165, 1.54) is 11.1 Å². The first-order valence-corrected chi connectivity index (χ1v) is 11.8. The van der Waals surface area contributed by atoms with Crippen LogP contribution in [0.1, 0.15) is 37.3 Å². The van der Waals surface area contributed by atoms with Crippen LogP contribution in [0.2, 0.25) is 0 Å². The van der Waals surface area contributed by atoms with Crippen molar-refractivity contribution < 1.29 is 9.90 Å². The minimum absolute atomic E-state index is 0.186. The van der Waals surface area contributed by atoms with Gasteiger partial charge in [0.05, 0.1) is 12.1 Å². The molecule has 4 heterocycles. The van der Waals surface area contributed by atoms with Crippen molar-refractivity contribution >= 4 is 11.9 Å². The third-order valence-electron chi connectivity index (χ3n) is 7.57. The first-order valence-electron chi connectivity index (χ1n) is 11.8. The molecule has 5 rings (SSSR count). The maximum atomic E-state index is 13.5. The molecule has 32 heavy (non-hydrogen) atoms. The smallest absolute Gasteiger partial charge is 0.228 e. The average Bonchev–Trinajstić information content (AvgIpc) is 3.21. The zero-order chi connectivity index (χ0) is 22.2. The SMILES string of the molecule is CC1(C(=O)N2CC[C@](O)(CN3CCc4ccccc4C3)C2)CCN(c2ncccn2)CC1. The number of carbonyl (C=O) groups is 1. The Hall–Kier alpha value is -2.51. The third-order valence-corrected chi connectivity index (χ3v) is 7.57. The Kier molecular flexibility index (Phi) is 5.63. The van der Waals surface area contributed by atoms with Crippen molar-refractivity contribution in [2.75, 3.05) is 44.2 Å². The second-order valence-corrected chi connectivity index (χ2v) is 10.0. The van der Waals surface area contributed by atoms with E-state index in [1.807, 2.05) is 11.0 Å². The molecule has 7 heteroatoms. The van der Waals surface area contributed by atoms with E-state index in [0.717, 1.165) is 51.4 Å². The van der Waals surface area contributed by atoms with Gasteiger partial charge in [0.25, 0.3) is 0 Å². The minimum Gasteiger partial charge on any atom is -0.387 e. The van der Waals surface area contributed by atoms with Gasteiger partial charge < -0.3 is 14.9 Å². The first-order chi connectivity index (χ1) is 15.4.